The van der Waals surface area contributed by atoms with Crippen LogP contribution in [0.3, 0.4) is 0 Å². The first-order valence-corrected chi connectivity index (χ1v) is 7.63. The molecule has 0 aromatic heterocycles. The molecule has 1 saturated heterocycles. The van der Waals surface area contributed by atoms with Crippen molar-refractivity contribution in [2.24, 2.45) is 0 Å². The normalized spacial score (nSPS) is 18.5. The van der Waals surface area contributed by atoms with Crippen molar-refractivity contribution in [3.63, 3.8) is 0 Å². The Kier molecular flexibility index (Phi) is 9.72. The molecule has 0 spiro atoms. The molecule has 0 aromatic rings. The minimum Gasteiger partial charge on any atom is -0.379 e. The van der Waals surface area contributed by atoms with Crippen LogP contribution in [0.15, 0.2) is 0 Å². The van der Waals surface area contributed by atoms with Gasteiger partial charge in [-0.15, -0.1) is 0 Å². The first-order chi connectivity index (χ1) is 8.43. The summed E-state index contributed by atoms with van der Waals surface area (Å²) < 4.78 is 10.6. The maximum atomic E-state index is 5.50. The monoisotopic (exact) mass is 242 g/mol. The van der Waals surface area contributed by atoms with E-state index in [2.05, 4.69) is 6.92 Å². The lowest BCUT2D eigenvalue weighted by molar-refractivity contribution is 0.113. The maximum absolute atomic E-state index is 5.50. The summed E-state index contributed by atoms with van der Waals surface area (Å²) in [7, 11) is 0. The van der Waals surface area contributed by atoms with Crippen LogP contribution in [0.5, 0.6) is 0 Å². The first-order valence-electron chi connectivity index (χ1n) is 7.63. The van der Waals surface area contributed by atoms with Gasteiger partial charge in [0.25, 0.3) is 0 Å². The number of rotatable bonds is 13. The van der Waals surface area contributed by atoms with Gasteiger partial charge in [0, 0.05) is 6.61 Å². The van der Waals surface area contributed by atoms with E-state index < -0.39 is 0 Å². The molecule has 1 aliphatic heterocycles. The van der Waals surface area contributed by atoms with E-state index in [4.69, 9.17) is 9.47 Å². The molecular formula is C15H30O2. The summed E-state index contributed by atoms with van der Waals surface area (Å²) in [6.07, 6.45) is 14.3. The third-order valence-electron chi connectivity index (χ3n) is 3.35. The highest BCUT2D eigenvalue weighted by atomic mass is 16.6. The highest BCUT2D eigenvalue weighted by Crippen LogP contribution is 2.11. The highest BCUT2D eigenvalue weighted by Gasteiger charge is 2.21. The van der Waals surface area contributed by atoms with E-state index in [0.29, 0.717) is 6.10 Å². The molecule has 0 unspecified atom stereocenters. The van der Waals surface area contributed by atoms with E-state index in [1.807, 2.05) is 0 Å². The molecule has 0 amide bonds. The first kappa shape index (κ1) is 15.0. The van der Waals surface area contributed by atoms with E-state index in [1.165, 1.54) is 64.2 Å². The molecule has 1 rings (SSSR count). The van der Waals surface area contributed by atoms with Gasteiger partial charge in [0.2, 0.25) is 0 Å². The summed E-state index contributed by atoms with van der Waals surface area (Å²) in [5.74, 6) is 0. The Morgan fingerprint density at radius 1 is 0.882 bits per heavy atom. The van der Waals surface area contributed by atoms with Crippen LogP contribution in [0.25, 0.3) is 0 Å². The van der Waals surface area contributed by atoms with Crippen LogP contribution in [0.4, 0.5) is 0 Å². The third kappa shape index (κ3) is 10.8. The number of hydrogen-bond donors (Lipinski definition) is 0. The van der Waals surface area contributed by atoms with E-state index in [1.54, 1.807) is 0 Å². The summed E-state index contributed by atoms with van der Waals surface area (Å²) in [4.78, 5) is 0. The van der Waals surface area contributed by atoms with Crippen LogP contribution in [0.1, 0.15) is 71.1 Å². The topological polar surface area (TPSA) is 21.8 Å². The number of epoxide rings is 1. The Bertz CT molecular complexity index is 155. The second-order valence-electron chi connectivity index (χ2n) is 5.21. The molecule has 0 saturated carbocycles. The lowest BCUT2D eigenvalue weighted by Gasteiger charge is -2.03. The second-order valence-corrected chi connectivity index (χ2v) is 5.21. The molecule has 2 heteroatoms. The maximum Gasteiger partial charge on any atom is 0.104 e. The molecule has 17 heavy (non-hydrogen) atoms. The Hall–Kier alpha value is -0.0800. The van der Waals surface area contributed by atoms with Gasteiger partial charge in [-0.1, -0.05) is 64.7 Å². The van der Waals surface area contributed by atoms with Crippen LogP contribution in [-0.2, 0) is 9.47 Å². The summed E-state index contributed by atoms with van der Waals surface area (Å²) in [6.45, 7) is 4.93. The molecule has 1 heterocycles. The SMILES string of the molecule is CCCCCCCCCCCCOC[C@@H]1CO1. The molecule has 0 aromatic carbocycles. The Balaban J connectivity index is 1.61. The van der Waals surface area contributed by atoms with Crippen molar-refractivity contribution in [2.45, 2.75) is 77.2 Å². The molecular weight excluding hydrogens is 212 g/mol. The summed E-state index contributed by atoms with van der Waals surface area (Å²) >= 11 is 0. The van der Waals surface area contributed by atoms with Gasteiger partial charge in [-0.25, -0.2) is 0 Å². The van der Waals surface area contributed by atoms with Crippen molar-refractivity contribution in [2.75, 3.05) is 19.8 Å². The lowest BCUT2D eigenvalue weighted by atomic mass is 10.1. The minimum atomic E-state index is 0.429. The molecule has 2 nitrogen and oxygen atoms in total. The minimum absolute atomic E-state index is 0.429. The van der Waals surface area contributed by atoms with Gasteiger partial charge < -0.3 is 9.47 Å². The predicted molar refractivity (Wildman–Crippen MR) is 72.4 cm³/mol. The molecule has 1 atom stereocenters. The smallest absolute Gasteiger partial charge is 0.104 e. The fraction of sp³-hybridized carbons (Fsp3) is 1.00. The fourth-order valence-electron chi connectivity index (χ4n) is 2.07. The third-order valence-corrected chi connectivity index (χ3v) is 3.35. The number of hydrogen-bond acceptors (Lipinski definition) is 2. The van der Waals surface area contributed by atoms with Crippen LogP contribution in [0.2, 0.25) is 0 Å². The van der Waals surface area contributed by atoms with E-state index in [9.17, 15) is 0 Å². The van der Waals surface area contributed by atoms with E-state index >= 15 is 0 Å². The standard InChI is InChI=1S/C15H30O2/c1-2-3-4-5-6-7-8-9-10-11-12-16-13-15-14-17-15/h15H,2-14H2,1H3/t15-/m1/s1. The largest absolute Gasteiger partial charge is 0.379 e. The van der Waals surface area contributed by atoms with Gasteiger partial charge >= 0.3 is 0 Å². The zero-order valence-corrected chi connectivity index (χ0v) is 11.6. The quantitative estimate of drug-likeness (QED) is 0.354. The van der Waals surface area contributed by atoms with E-state index in [0.717, 1.165) is 19.8 Å². The molecule has 0 N–H and O–H groups in total. The summed E-state index contributed by atoms with van der Waals surface area (Å²) in [6, 6.07) is 0. The number of unbranched alkanes of at least 4 members (excludes halogenated alkanes) is 9. The lowest BCUT2D eigenvalue weighted by Crippen LogP contribution is -2.02. The van der Waals surface area contributed by atoms with Gasteiger partial charge in [-0.05, 0) is 6.42 Å². The Labute approximate surface area is 107 Å². The Morgan fingerprint density at radius 2 is 1.41 bits per heavy atom. The zero-order chi connectivity index (χ0) is 12.2. The summed E-state index contributed by atoms with van der Waals surface area (Å²) in [5.41, 5.74) is 0. The van der Waals surface area contributed by atoms with Crippen LogP contribution in [0, 0.1) is 0 Å². The highest BCUT2D eigenvalue weighted by molar-refractivity contribution is 4.66. The zero-order valence-electron chi connectivity index (χ0n) is 11.6. The van der Waals surface area contributed by atoms with Crippen molar-refractivity contribution in [1.82, 2.24) is 0 Å². The van der Waals surface area contributed by atoms with Crippen molar-refractivity contribution in [3.8, 4) is 0 Å². The van der Waals surface area contributed by atoms with Crippen LogP contribution in [-0.4, -0.2) is 25.9 Å². The second kappa shape index (κ2) is 11.0. The molecule has 1 aliphatic rings. The van der Waals surface area contributed by atoms with Gasteiger partial charge in [0.1, 0.15) is 6.10 Å². The van der Waals surface area contributed by atoms with Gasteiger partial charge in [0.15, 0.2) is 0 Å². The van der Waals surface area contributed by atoms with E-state index in [-0.39, 0.29) is 0 Å². The predicted octanol–water partition coefficient (Wildman–Crippen LogP) is 4.32. The van der Waals surface area contributed by atoms with Crippen LogP contribution < -0.4 is 0 Å². The van der Waals surface area contributed by atoms with Crippen molar-refractivity contribution < 1.29 is 9.47 Å². The summed E-state index contributed by atoms with van der Waals surface area (Å²) in [5, 5.41) is 0. The molecule has 0 aliphatic carbocycles. The van der Waals surface area contributed by atoms with Crippen molar-refractivity contribution in [1.29, 1.82) is 0 Å². The number of ether oxygens (including phenoxy) is 2. The average Bonchev–Trinajstić information content (AvgIpc) is 3.15. The Morgan fingerprint density at radius 3 is 1.94 bits per heavy atom. The van der Waals surface area contributed by atoms with Crippen molar-refractivity contribution >= 4 is 0 Å². The van der Waals surface area contributed by atoms with Crippen molar-refractivity contribution in [3.05, 3.63) is 0 Å². The molecule has 0 bridgehead atoms. The van der Waals surface area contributed by atoms with Crippen LogP contribution >= 0.6 is 0 Å². The fourth-order valence-corrected chi connectivity index (χ4v) is 2.07. The molecule has 102 valence electrons. The van der Waals surface area contributed by atoms with Gasteiger partial charge in [-0.3, -0.25) is 0 Å². The molecule has 1 fully saturated rings. The van der Waals surface area contributed by atoms with Gasteiger partial charge in [0.05, 0.1) is 13.2 Å². The average molecular weight is 242 g/mol. The van der Waals surface area contributed by atoms with Gasteiger partial charge in [-0.2, -0.15) is 0 Å². The molecule has 0 radical (unpaired) electrons.